The largest absolute Gasteiger partial charge is 0.497 e. The van der Waals surface area contributed by atoms with E-state index in [-0.39, 0.29) is 29.6 Å². The maximum absolute atomic E-state index is 14.0. The van der Waals surface area contributed by atoms with Crippen LogP contribution < -0.4 is 14.4 Å². The fourth-order valence-electron chi connectivity index (χ4n) is 4.35. The normalized spacial score (nSPS) is 12.5. The Morgan fingerprint density at radius 2 is 1.62 bits per heavy atom. The average Bonchev–Trinajstić information content (AvgIpc) is 2.95. The summed E-state index contributed by atoms with van der Waals surface area (Å²) in [4.78, 5) is 28.2. The van der Waals surface area contributed by atoms with Gasteiger partial charge >= 0.3 is 6.18 Å². The number of nitrogens with zero attached hydrogens (tertiary/aromatic N) is 2. The quantitative estimate of drug-likeness (QED) is 0.305. The average molecular weight is 606 g/mol. The van der Waals surface area contributed by atoms with E-state index in [9.17, 15) is 31.2 Å². The van der Waals surface area contributed by atoms with Crippen molar-refractivity contribution >= 4 is 27.5 Å². The van der Waals surface area contributed by atoms with Gasteiger partial charge in [0.25, 0.3) is 10.0 Å². The zero-order chi connectivity index (χ0) is 31.1. The van der Waals surface area contributed by atoms with Crippen molar-refractivity contribution in [3.8, 4) is 5.75 Å². The molecule has 0 aromatic heterocycles. The maximum atomic E-state index is 14.0. The number of ether oxygens (including phenoxy) is 1. The lowest BCUT2D eigenvalue weighted by atomic mass is 10.1. The molecule has 0 fully saturated rings. The number of alkyl halides is 3. The van der Waals surface area contributed by atoms with Crippen LogP contribution in [0.15, 0.2) is 83.8 Å². The van der Waals surface area contributed by atoms with Crippen LogP contribution in [0.4, 0.5) is 18.9 Å². The second kappa shape index (κ2) is 13.7. The first-order chi connectivity index (χ1) is 19.8. The number of nitrogens with one attached hydrogen (secondary N) is 1. The Hall–Kier alpha value is -4.06. The fourth-order valence-corrected chi connectivity index (χ4v) is 5.78. The summed E-state index contributed by atoms with van der Waals surface area (Å²) in [5.41, 5.74) is -0.810. The third-order valence-electron chi connectivity index (χ3n) is 6.38. The highest BCUT2D eigenvalue weighted by atomic mass is 32.2. The summed E-state index contributed by atoms with van der Waals surface area (Å²) in [6.07, 6.45) is -4.55. The lowest BCUT2D eigenvalue weighted by Gasteiger charge is -2.33. The minimum absolute atomic E-state index is 0.0815. The van der Waals surface area contributed by atoms with E-state index in [1.165, 1.54) is 42.3 Å². The predicted octanol–water partition coefficient (Wildman–Crippen LogP) is 5.24. The minimum atomic E-state index is -4.75. The number of hydrogen-bond acceptors (Lipinski definition) is 5. The van der Waals surface area contributed by atoms with Gasteiger partial charge in [-0.05, 0) is 68.3 Å². The monoisotopic (exact) mass is 605 g/mol. The van der Waals surface area contributed by atoms with E-state index in [4.69, 9.17) is 4.74 Å². The van der Waals surface area contributed by atoms with Gasteiger partial charge in [0.2, 0.25) is 11.8 Å². The van der Waals surface area contributed by atoms with Crippen LogP contribution in [-0.2, 0) is 32.3 Å². The summed E-state index contributed by atoms with van der Waals surface area (Å²) in [5, 5.41) is 2.79. The lowest BCUT2D eigenvalue weighted by molar-refractivity contribution is -0.140. The van der Waals surface area contributed by atoms with Crippen molar-refractivity contribution in [2.45, 2.75) is 56.9 Å². The summed E-state index contributed by atoms with van der Waals surface area (Å²) in [7, 11) is -3.02. The number of carbonyl (C=O) groups is 2. The van der Waals surface area contributed by atoms with Gasteiger partial charge in [0.05, 0.1) is 23.3 Å². The first kappa shape index (κ1) is 32.5. The standard InChI is InChI=1S/C30H34F3N3O5S/c1-5-27(29(38)34-21(2)3)35(19-22-11-9-14-25(17-22)41-4)28(37)20-36(42(39,40)26-15-7-6-8-16-26)24-13-10-12-23(18-24)30(31,32)33/h6-18,21,27H,5,19-20H2,1-4H3,(H,34,38)/t27-/m1/s1. The van der Waals surface area contributed by atoms with Crippen LogP contribution in [0.3, 0.4) is 0 Å². The van der Waals surface area contributed by atoms with Crippen molar-refractivity contribution in [1.82, 2.24) is 10.2 Å². The number of rotatable bonds is 12. The van der Waals surface area contributed by atoms with Crippen molar-refractivity contribution in [3.63, 3.8) is 0 Å². The molecule has 3 aromatic carbocycles. The highest BCUT2D eigenvalue weighted by Crippen LogP contribution is 2.33. The SMILES string of the molecule is CC[C@H](C(=O)NC(C)C)N(Cc1cccc(OC)c1)C(=O)CN(c1cccc(C(F)(F)F)c1)S(=O)(=O)c1ccccc1. The second-order valence-corrected chi connectivity index (χ2v) is 11.7. The van der Waals surface area contributed by atoms with Crippen LogP contribution in [0, 0.1) is 0 Å². The summed E-state index contributed by atoms with van der Waals surface area (Å²) in [6.45, 7) is 4.30. The first-order valence-electron chi connectivity index (χ1n) is 13.3. The number of amides is 2. The van der Waals surface area contributed by atoms with Gasteiger partial charge in [-0.1, -0.05) is 43.3 Å². The molecule has 0 aliphatic heterocycles. The van der Waals surface area contributed by atoms with Gasteiger partial charge in [0.15, 0.2) is 0 Å². The van der Waals surface area contributed by atoms with Gasteiger partial charge in [-0.25, -0.2) is 8.42 Å². The van der Waals surface area contributed by atoms with Gasteiger partial charge in [0.1, 0.15) is 18.3 Å². The zero-order valence-corrected chi connectivity index (χ0v) is 24.6. The van der Waals surface area contributed by atoms with E-state index in [1.54, 1.807) is 51.1 Å². The second-order valence-electron chi connectivity index (χ2n) is 9.83. The Morgan fingerprint density at radius 3 is 2.21 bits per heavy atom. The molecular weight excluding hydrogens is 571 g/mol. The Balaban J connectivity index is 2.12. The maximum Gasteiger partial charge on any atom is 0.416 e. The van der Waals surface area contributed by atoms with E-state index in [2.05, 4.69) is 5.32 Å². The van der Waals surface area contributed by atoms with E-state index < -0.39 is 46.2 Å². The van der Waals surface area contributed by atoms with Crippen LogP contribution in [0.5, 0.6) is 5.75 Å². The van der Waals surface area contributed by atoms with Crippen LogP contribution in [-0.4, -0.2) is 50.9 Å². The molecule has 0 saturated heterocycles. The molecule has 0 bridgehead atoms. The third-order valence-corrected chi connectivity index (χ3v) is 8.16. The highest BCUT2D eigenvalue weighted by molar-refractivity contribution is 7.92. The van der Waals surface area contributed by atoms with E-state index in [0.717, 1.165) is 12.1 Å². The molecule has 0 radical (unpaired) electrons. The molecule has 0 aliphatic rings. The summed E-state index contributed by atoms with van der Waals surface area (Å²) >= 11 is 0. The third kappa shape index (κ3) is 8.03. The number of benzene rings is 3. The molecule has 1 atom stereocenters. The molecule has 2 amide bonds. The molecule has 3 aromatic rings. The first-order valence-corrected chi connectivity index (χ1v) is 14.7. The molecule has 0 aliphatic carbocycles. The van der Waals surface area contributed by atoms with Gasteiger partial charge in [-0.2, -0.15) is 13.2 Å². The Labute approximate surface area is 244 Å². The van der Waals surface area contributed by atoms with Crippen LogP contribution in [0.1, 0.15) is 38.3 Å². The Bertz CT molecular complexity index is 1480. The van der Waals surface area contributed by atoms with Crippen molar-refractivity contribution < 1.29 is 35.9 Å². The van der Waals surface area contributed by atoms with Crippen molar-refractivity contribution in [1.29, 1.82) is 0 Å². The summed E-state index contributed by atoms with van der Waals surface area (Å²) in [5.74, 6) is -0.711. The van der Waals surface area contributed by atoms with Gasteiger partial charge in [-0.15, -0.1) is 0 Å². The van der Waals surface area contributed by atoms with Crippen LogP contribution >= 0.6 is 0 Å². The molecule has 8 nitrogen and oxygen atoms in total. The molecule has 226 valence electrons. The number of methoxy groups -OCH3 is 1. The smallest absolute Gasteiger partial charge is 0.416 e. The van der Waals surface area contributed by atoms with E-state index >= 15 is 0 Å². The number of carbonyl (C=O) groups excluding carboxylic acids is 2. The fraction of sp³-hybridized carbons (Fsp3) is 0.333. The van der Waals surface area contributed by atoms with Crippen molar-refractivity contribution in [3.05, 3.63) is 90.0 Å². The Morgan fingerprint density at radius 1 is 0.952 bits per heavy atom. The van der Waals surface area contributed by atoms with E-state index in [0.29, 0.717) is 21.7 Å². The molecule has 42 heavy (non-hydrogen) atoms. The van der Waals surface area contributed by atoms with Gasteiger partial charge < -0.3 is 15.0 Å². The molecule has 3 rings (SSSR count). The summed E-state index contributed by atoms with van der Waals surface area (Å²) in [6, 6.07) is 16.5. The van der Waals surface area contributed by atoms with Crippen LogP contribution in [0.2, 0.25) is 0 Å². The van der Waals surface area contributed by atoms with Crippen molar-refractivity contribution in [2.75, 3.05) is 18.0 Å². The van der Waals surface area contributed by atoms with Crippen LogP contribution in [0.25, 0.3) is 0 Å². The molecule has 0 heterocycles. The molecule has 1 N–H and O–H groups in total. The predicted molar refractivity (Wildman–Crippen MR) is 153 cm³/mol. The van der Waals surface area contributed by atoms with Crippen molar-refractivity contribution in [2.24, 2.45) is 0 Å². The number of halogens is 3. The topological polar surface area (TPSA) is 96.0 Å². The molecule has 12 heteroatoms. The minimum Gasteiger partial charge on any atom is -0.497 e. The zero-order valence-electron chi connectivity index (χ0n) is 23.8. The number of anilines is 1. The summed E-state index contributed by atoms with van der Waals surface area (Å²) < 4.78 is 74.3. The Kier molecular flexibility index (Phi) is 10.6. The van der Waals surface area contributed by atoms with E-state index in [1.807, 2.05) is 0 Å². The van der Waals surface area contributed by atoms with Gasteiger partial charge in [-0.3, -0.25) is 13.9 Å². The molecular formula is C30H34F3N3O5S. The molecule has 0 spiro atoms. The molecule has 0 unspecified atom stereocenters. The van der Waals surface area contributed by atoms with Gasteiger partial charge in [0, 0.05) is 12.6 Å². The lowest BCUT2D eigenvalue weighted by Crippen LogP contribution is -2.53. The number of hydrogen-bond donors (Lipinski definition) is 1. The molecule has 0 saturated carbocycles. The number of sulfonamides is 1. The highest BCUT2D eigenvalue weighted by Gasteiger charge is 2.36.